The summed E-state index contributed by atoms with van der Waals surface area (Å²) in [6.07, 6.45) is 0.811. The average Bonchev–Trinajstić information content (AvgIpc) is 3.12. The van der Waals surface area contributed by atoms with Gasteiger partial charge in [-0.2, -0.15) is 9.37 Å². The lowest BCUT2D eigenvalue weighted by molar-refractivity contribution is 0.0293. The molecule has 0 unspecified atom stereocenters. The van der Waals surface area contributed by atoms with Crippen molar-refractivity contribution in [1.82, 2.24) is 14.9 Å². The highest BCUT2D eigenvalue weighted by Gasteiger charge is 2.30. The molecule has 1 N–H and O–H groups in total. The summed E-state index contributed by atoms with van der Waals surface area (Å²) in [5, 5.41) is 3.11. The predicted molar refractivity (Wildman–Crippen MR) is 107 cm³/mol. The second kappa shape index (κ2) is 8.81. The van der Waals surface area contributed by atoms with Gasteiger partial charge in [0.05, 0.1) is 6.20 Å². The van der Waals surface area contributed by atoms with Crippen molar-refractivity contribution in [3.05, 3.63) is 47.7 Å². The lowest BCUT2D eigenvalue weighted by Gasteiger charge is -2.24. The molecule has 2 heterocycles. The highest BCUT2D eigenvalue weighted by Crippen LogP contribution is 2.24. The van der Waals surface area contributed by atoms with E-state index in [1.165, 1.54) is 12.1 Å². The first-order valence-corrected chi connectivity index (χ1v) is 9.80. The Kier molecular flexibility index (Phi) is 6.38. The zero-order valence-corrected chi connectivity index (χ0v) is 17.5. The van der Waals surface area contributed by atoms with E-state index < -0.39 is 17.5 Å². The van der Waals surface area contributed by atoms with Gasteiger partial charge in [0, 0.05) is 19.1 Å². The van der Waals surface area contributed by atoms with Crippen LogP contribution in [-0.2, 0) is 4.74 Å². The highest BCUT2D eigenvalue weighted by molar-refractivity contribution is 5.68. The largest absolute Gasteiger partial charge is 0.468 e. The lowest BCUT2D eigenvalue weighted by atomic mass is 10.1. The zero-order chi connectivity index (χ0) is 21.9. The van der Waals surface area contributed by atoms with Crippen molar-refractivity contribution in [2.45, 2.75) is 51.9 Å². The number of nitrogens with zero attached hydrogens (tertiary/aromatic N) is 3. The Hall–Kier alpha value is -2.97. The van der Waals surface area contributed by atoms with Crippen LogP contribution in [0.3, 0.4) is 0 Å². The molecular weight excluding hydrogens is 394 g/mol. The summed E-state index contributed by atoms with van der Waals surface area (Å²) in [7, 11) is 0. The summed E-state index contributed by atoms with van der Waals surface area (Å²) in [4.78, 5) is 21.9. The van der Waals surface area contributed by atoms with Crippen LogP contribution in [-0.4, -0.2) is 45.7 Å². The summed E-state index contributed by atoms with van der Waals surface area (Å²) in [6, 6.07) is 5.68. The van der Waals surface area contributed by atoms with Crippen molar-refractivity contribution >= 4 is 12.0 Å². The molecule has 1 aromatic heterocycles. The van der Waals surface area contributed by atoms with Crippen LogP contribution in [0.5, 0.6) is 5.88 Å². The molecule has 1 fully saturated rings. The molecule has 3 rings (SSSR count). The smallest absolute Gasteiger partial charge is 0.410 e. The Morgan fingerprint density at radius 2 is 1.97 bits per heavy atom. The van der Waals surface area contributed by atoms with E-state index in [-0.39, 0.29) is 29.8 Å². The van der Waals surface area contributed by atoms with E-state index in [0.717, 1.165) is 6.20 Å². The van der Waals surface area contributed by atoms with Gasteiger partial charge in [0.2, 0.25) is 11.8 Å². The number of likely N-dealkylation sites (tertiary alicyclic amines) is 1. The third kappa shape index (κ3) is 5.77. The van der Waals surface area contributed by atoms with E-state index in [2.05, 4.69) is 15.3 Å². The van der Waals surface area contributed by atoms with Crippen molar-refractivity contribution in [1.29, 1.82) is 0 Å². The minimum absolute atomic E-state index is 0.0923. The molecule has 1 aromatic carbocycles. The van der Waals surface area contributed by atoms with Gasteiger partial charge in [-0.15, -0.1) is 0 Å². The lowest BCUT2D eigenvalue weighted by Crippen LogP contribution is -2.36. The molecule has 0 saturated carbocycles. The topological polar surface area (TPSA) is 76.6 Å². The van der Waals surface area contributed by atoms with E-state index >= 15 is 0 Å². The SMILES string of the molecule is C[C@@H](Oc1nc(N[C@@H]2CCN(C(=O)OC(C)(C)C)C2)ncc1F)c1ccc(F)cc1. The standard InChI is InChI=1S/C21H26F2N4O3/c1-13(14-5-7-15(22)8-6-14)29-18-17(23)11-24-19(26-18)25-16-9-10-27(12-16)20(28)30-21(2,3)4/h5-8,11,13,16H,9-10,12H2,1-4H3,(H,24,25,26)/t13-,16-/m1/s1. The van der Waals surface area contributed by atoms with E-state index in [1.807, 2.05) is 20.8 Å². The summed E-state index contributed by atoms with van der Waals surface area (Å²) < 4.78 is 38.2. The molecular formula is C21H26F2N4O3. The fourth-order valence-electron chi connectivity index (χ4n) is 3.03. The van der Waals surface area contributed by atoms with Crippen molar-refractivity contribution in [3.8, 4) is 5.88 Å². The average molecular weight is 420 g/mol. The van der Waals surface area contributed by atoms with Crippen LogP contribution in [0.15, 0.2) is 30.5 Å². The van der Waals surface area contributed by atoms with E-state index in [9.17, 15) is 13.6 Å². The van der Waals surface area contributed by atoms with Crippen LogP contribution < -0.4 is 10.1 Å². The number of hydrogen-bond acceptors (Lipinski definition) is 6. The Morgan fingerprint density at radius 1 is 1.27 bits per heavy atom. The maximum Gasteiger partial charge on any atom is 0.410 e. The minimum atomic E-state index is -0.698. The molecule has 2 aromatic rings. The van der Waals surface area contributed by atoms with Gasteiger partial charge >= 0.3 is 6.09 Å². The number of carbonyl (C=O) groups is 1. The summed E-state index contributed by atoms with van der Waals surface area (Å²) >= 11 is 0. The van der Waals surface area contributed by atoms with Gasteiger partial charge < -0.3 is 19.7 Å². The number of hydrogen-bond donors (Lipinski definition) is 1. The van der Waals surface area contributed by atoms with E-state index in [4.69, 9.17) is 9.47 Å². The third-order valence-corrected chi connectivity index (χ3v) is 4.51. The van der Waals surface area contributed by atoms with Crippen LogP contribution in [0.25, 0.3) is 0 Å². The molecule has 0 spiro atoms. The Balaban J connectivity index is 1.61. The number of carbonyl (C=O) groups excluding carboxylic acids is 1. The molecule has 0 aliphatic carbocycles. The molecule has 1 saturated heterocycles. The Morgan fingerprint density at radius 3 is 2.63 bits per heavy atom. The molecule has 2 atom stereocenters. The molecule has 1 amide bonds. The zero-order valence-electron chi connectivity index (χ0n) is 17.5. The summed E-state index contributed by atoms with van der Waals surface area (Å²) in [5.74, 6) is -1.06. The van der Waals surface area contributed by atoms with Crippen LogP contribution in [0.2, 0.25) is 0 Å². The maximum atomic E-state index is 14.1. The second-order valence-electron chi connectivity index (χ2n) is 8.21. The number of benzene rings is 1. The van der Waals surface area contributed by atoms with Crippen LogP contribution in [0.1, 0.15) is 45.8 Å². The Labute approximate surface area is 174 Å². The van der Waals surface area contributed by atoms with E-state index in [0.29, 0.717) is 25.1 Å². The molecule has 1 aliphatic rings. The van der Waals surface area contributed by atoms with Crippen molar-refractivity contribution < 1.29 is 23.0 Å². The monoisotopic (exact) mass is 420 g/mol. The number of amides is 1. The Bertz CT molecular complexity index is 887. The maximum absolute atomic E-state index is 14.1. The van der Waals surface area contributed by atoms with Crippen molar-refractivity contribution in [3.63, 3.8) is 0 Å². The minimum Gasteiger partial charge on any atom is -0.468 e. The number of halogens is 2. The van der Waals surface area contributed by atoms with Gasteiger partial charge in [0.15, 0.2) is 0 Å². The molecule has 162 valence electrons. The van der Waals surface area contributed by atoms with E-state index in [1.54, 1.807) is 24.0 Å². The number of anilines is 1. The molecule has 1 aliphatic heterocycles. The molecule has 7 nitrogen and oxygen atoms in total. The van der Waals surface area contributed by atoms with Crippen molar-refractivity contribution in [2.24, 2.45) is 0 Å². The number of ether oxygens (including phenoxy) is 2. The first kappa shape index (κ1) is 21.7. The predicted octanol–water partition coefficient (Wildman–Crippen LogP) is 4.32. The second-order valence-corrected chi connectivity index (χ2v) is 8.21. The fraction of sp³-hybridized carbons (Fsp3) is 0.476. The number of nitrogens with one attached hydrogen (secondary N) is 1. The molecule has 0 bridgehead atoms. The first-order valence-electron chi connectivity index (χ1n) is 9.80. The number of rotatable bonds is 5. The van der Waals surface area contributed by atoms with Gasteiger partial charge in [-0.3, -0.25) is 0 Å². The van der Waals surface area contributed by atoms with Crippen molar-refractivity contribution in [2.75, 3.05) is 18.4 Å². The molecule has 9 heteroatoms. The van der Waals surface area contributed by atoms with Gasteiger partial charge in [0.25, 0.3) is 5.88 Å². The summed E-state index contributed by atoms with van der Waals surface area (Å²) in [5.41, 5.74) is 0.128. The first-order chi connectivity index (χ1) is 14.1. The van der Waals surface area contributed by atoms with Gasteiger partial charge in [0.1, 0.15) is 17.5 Å². The van der Waals surface area contributed by atoms with Gasteiger partial charge in [-0.25, -0.2) is 14.2 Å². The third-order valence-electron chi connectivity index (χ3n) is 4.51. The van der Waals surface area contributed by atoms with Crippen LogP contribution in [0.4, 0.5) is 19.5 Å². The fourth-order valence-corrected chi connectivity index (χ4v) is 3.03. The van der Waals surface area contributed by atoms with Crippen LogP contribution in [0, 0.1) is 11.6 Å². The highest BCUT2D eigenvalue weighted by atomic mass is 19.1. The summed E-state index contributed by atoms with van der Waals surface area (Å²) in [6.45, 7) is 8.14. The van der Waals surface area contributed by atoms with Gasteiger partial charge in [-0.1, -0.05) is 12.1 Å². The quantitative estimate of drug-likeness (QED) is 0.777. The molecule has 0 radical (unpaired) electrons. The normalized spacial score (nSPS) is 17.5. The molecule has 30 heavy (non-hydrogen) atoms. The van der Waals surface area contributed by atoms with Gasteiger partial charge in [-0.05, 0) is 51.8 Å². The number of aromatic nitrogens is 2. The van der Waals surface area contributed by atoms with Crippen LogP contribution >= 0.6 is 0 Å².